The summed E-state index contributed by atoms with van der Waals surface area (Å²) in [4.78, 5) is 7.02. The van der Waals surface area contributed by atoms with Crippen LogP contribution in [0, 0.1) is 17.8 Å². The number of likely N-dealkylation sites (tertiary alicyclic amines) is 1. The summed E-state index contributed by atoms with van der Waals surface area (Å²) in [6.07, 6.45) is 5.20. The van der Waals surface area contributed by atoms with E-state index >= 15 is 0 Å². The number of nitrogens with one attached hydrogen (secondary N) is 1. The van der Waals surface area contributed by atoms with E-state index in [1.165, 1.54) is 24.8 Å². The molecule has 2 saturated heterocycles. The van der Waals surface area contributed by atoms with Gasteiger partial charge in [0.2, 0.25) is 0 Å². The lowest BCUT2D eigenvalue weighted by molar-refractivity contribution is 0.0914. The van der Waals surface area contributed by atoms with E-state index in [4.69, 9.17) is 4.74 Å². The third-order valence-corrected chi connectivity index (χ3v) is 6.32. The first-order chi connectivity index (χ1) is 12.8. The molecule has 3 atom stereocenters. The van der Waals surface area contributed by atoms with Crippen molar-refractivity contribution in [2.24, 2.45) is 22.7 Å². The van der Waals surface area contributed by atoms with Crippen molar-refractivity contribution in [3.63, 3.8) is 0 Å². The predicted octanol–water partition coefficient (Wildman–Crippen LogP) is 4.72. The molecule has 3 rings (SSSR count). The number of halogens is 1. The van der Waals surface area contributed by atoms with Gasteiger partial charge in [0, 0.05) is 39.2 Å². The first kappa shape index (κ1) is 22.5. The zero-order chi connectivity index (χ0) is 18.4. The van der Waals surface area contributed by atoms with Crippen LogP contribution in [-0.4, -0.2) is 44.1 Å². The molecule has 1 aromatic rings. The van der Waals surface area contributed by atoms with Gasteiger partial charge in [-0.2, -0.15) is 0 Å². The predicted molar refractivity (Wildman–Crippen MR) is 124 cm³/mol. The van der Waals surface area contributed by atoms with Crippen LogP contribution in [0.1, 0.15) is 51.2 Å². The SMILES string of the molecule is CCC(CC)C1CCN(C(=NC)NCC2CCOC2c2ccccc2)C1.I. The van der Waals surface area contributed by atoms with Gasteiger partial charge in [0.1, 0.15) is 0 Å². The Morgan fingerprint density at radius 1 is 1.22 bits per heavy atom. The Labute approximate surface area is 182 Å². The highest BCUT2D eigenvalue weighted by molar-refractivity contribution is 14.0. The summed E-state index contributed by atoms with van der Waals surface area (Å²) >= 11 is 0. The molecule has 3 unspecified atom stereocenters. The number of benzene rings is 1. The van der Waals surface area contributed by atoms with Crippen LogP contribution in [-0.2, 0) is 4.74 Å². The van der Waals surface area contributed by atoms with Gasteiger partial charge in [0.15, 0.2) is 5.96 Å². The molecule has 4 nitrogen and oxygen atoms in total. The molecule has 2 aliphatic heterocycles. The van der Waals surface area contributed by atoms with Gasteiger partial charge in [0.05, 0.1) is 6.10 Å². The van der Waals surface area contributed by atoms with Crippen LogP contribution >= 0.6 is 24.0 Å². The molecule has 0 bridgehead atoms. The number of aliphatic imine (C=N–C) groups is 1. The second-order valence-corrected chi connectivity index (χ2v) is 7.75. The molecule has 0 amide bonds. The fourth-order valence-electron chi connectivity index (χ4n) is 4.73. The molecule has 2 fully saturated rings. The van der Waals surface area contributed by atoms with Crippen molar-refractivity contribution in [1.82, 2.24) is 10.2 Å². The van der Waals surface area contributed by atoms with E-state index in [9.17, 15) is 0 Å². The molecular formula is C22H36IN3O. The summed E-state index contributed by atoms with van der Waals surface area (Å²) in [7, 11) is 1.91. The highest BCUT2D eigenvalue weighted by Crippen LogP contribution is 2.34. The quantitative estimate of drug-likeness (QED) is 0.360. The minimum absolute atomic E-state index is 0. The summed E-state index contributed by atoms with van der Waals surface area (Å²) in [5, 5.41) is 3.64. The third kappa shape index (κ3) is 5.59. The first-order valence-electron chi connectivity index (χ1n) is 10.4. The summed E-state index contributed by atoms with van der Waals surface area (Å²) < 4.78 is 6.03. The molecule has 2 heterocycles. The lowest BCUT2D eigenvalue weighted by atomic mass is 9.87. The first-order valence-corrected chi connectivity index (χ1v) is 10.4. The second kappa shape index (κ2) is 11.2. The van der Waals surface area contributed by atoms with Gasteiger partial charge in [-0.1, -0.05) is 57.0 Å². The molecule has 27 heavy (non-hydrogen) atoms. The van der Waals surface area contributed by atoms with Gasteiger partial charge in [-0.3, -0.25) is 4.99 Å². The Kier molecular flexibility index (Phi) is 9.36. The van der Waals surface area contributed by atoms with E-state index in [2.05, 4.69) is 59.4 Å². The maximum atomic E-state index is 6.03. The molecule has 0 saturated carbocycles. The van der Waals surface area contributed by atoms with Crippen molar-refractivity contribution < 1.29 is 4.74 Å². The van der Waals surface area contributed by atoms with Crippen LogP contribution in [0.2, 0.25) is 0 Å². The van der Waals surface area contributed by atoms with Gasteiger partial charge in [-0.05, 0) is 30.2 Å². The van der Waals surface area contributed by atoms with Crippen molar-refractivity contribution in [2.75, 3.05) is 33.3 Å². The van der Waals surface area contributed by atoms with E-state index in [0.717, 1.165) is 50.5 Å². The molecule has 0 radical (unpaired) electrons. The Hall–Kier alpha value is -0.820. The topological polar surface area (TPSA) is 36.9 Å². The fourth-order valence-corrected chi connectivity index (χ4v) is 4.73. The van der Waals surface area contributed by atoms with Gasteiger partial charge in [-0.25, -0.2) is 0 Å². The number of ether oxygens (including phenoxy) is 1. The number of hydrogen-bond donors (Lipinski definition) is 1. The van der Waals surface area contributed by atoms with Gasteiger partial charge in [0.25, 0.3) is 0 Å². The maximum Gasteiger partial charge on any atom is 0.193 e. The summed E-state index contributed by atoms with van der Waals surface area (Å²) in [6.45, 7) is 8.71. The number of rotatable bonds is 6. The molecule has 2 aliphatic rings. The van der Waals surface area contributed by atoms with Crippen molar-refractivity contribution in [2.45, 2.75) is 45.6 Å². The highest BCUT2D eigenvalue weighted by Gasteiger charge is 2.32. The molecule has 0 aromatic heterocycles. The van der Waals surface area contributed by atoms with E-state index in [-0.39, 0.29) is 30.1 Å². The largest absolute Gasteiger partial charge is 0.373 e. The van der Waals surface area contributed by atoms with Crippen LogP contribution in [0.3, 0.4) is 0 Å². The Bertz CT molecular complexity index is 576. The lowest BCUT2D eigenvalue weighted by Gasteiger charge is -2.26. The van der Waals surface area contributed by atoms with Crippen molar-refractivity contribution >= 4 is 29.9 Å². The Balaban J connectivity index is 0.00000261. The Morgan fingerprint density at radius 2 is 1.96 bits per heavy atom. The number of hydrogen-bond acceptors (Lipinski definition) is 2. The van der Waals surface area contributed by atoms with Crippen LogP contribution in [0.15, 0.2) is 35.3 Å². The van der Waals surface area contributed by atoms with Crippen LogP contribution in [0.25, 0.3) is 0 Å². The zero-order valence-electron chi connectivity index (χ0n) is 17.1. The molecule has 5 heteroatoms. The van der Waals surface area contributed by atoms with Gasteiger partial charge in [-0.15, -0.1) is 24.0 Å². The molecule has 1 N–H and O–H groups in total. The smallest absolute Gasteiger partial charge is 0.193 e. The lowest BCUT2D eigenvalue weighted by Crippen LogP contribution is -2.42. The van der Waals surface area contributed by atoms with E-state index < -0.39 is 0 Å². The van der Waals surface area contributed by atoms with E-state index in [1.807, 2.05) is 7.05 Å². The van der Waals surface area contributed by atoms with Crippen LogP contribution in [0.4, 0.5) is 0 Å². The second-order valence-electron chi connectivity index (χ2n) is 7.75. The summed E-state index contributed by atoms with van der Waals surface area (Å²) in [5.41, 5.74) is 1.29. The minimum atomic E-state index is 0. The molecule has 1 aromatic carbocycles. The average molecular weight is 485 g/mol. The van der Waals surface area contributed by atoms with Crippen molar-refractivity contribution in [3.8, 4) is 0 Å². The van der Waals surface area contributed by atoms with Crippen molar-refractivity contribution in [3.05, 3.63) is 35.9 Å². The normalized spacial score (nSPS) is 25.7. The standard InChI is InChI=1S/C22H35N3O.HI/c1-4-17(5-2)20-11-13-25(16-20)22(23-3)24-15-19-12-14-26-21(19)18-9-7-6-8-10-18;/h6-10,17,19-21H,4-5,11-16H2,1-3H3,(H,23,24);1H. The number of guanidine groups is 1. The van der Waals surface area contributed by atoms with Gasteiger partial charge >= 0.3 is 0 Å². The summed E-state index contributed by atoms with van der Waals surface area (Å²) in [6, 6.07) is 10.6. The van der Waals surface area contributed by atoms with Crippen LogP contribution in [0.5, 0.6) is 0 Å². The van der Waals surface area contributed by atoms with Gasteiger partial charge < -0.3 is 15.0 Å². The zero-order valence-corrected chi connectivity index (χ0v) is 19.4. The Morgan fingerprint density at radius 3 is 2.63 bits per heavy atom. The fraction of sp³-hybridized carbons (Fsp3) is 0.682. The molecule has 0 aliphatic carbocycles. The van der Waals surface area contributed by atoms with Crippen LogP contribution < -0.4 is 5.32 Å². The third-order valence-electron chi connectivity index (χ3n) is 6.32. The monoisotopic (exact) mass is 485 g/mol. The molecule has 152 valence electrons. The number of nitrogens with zero attached hydrogens (tertiary/aromatic N) is 2. The molecular weight excluding hydrogens is 449 g/mol. The summed E-state index contributed by atoms with van der Waals surface area (Å²) in [5.74, 6) is 3.24. The maximum absolute atomic E-state index is 6.03. The molecule has 0 spiro atoms. The van der Waals surface area contributed by atoms with Crippen molar-refractivity contribution in [1.29, 1.82) is 0 Å². The van der Waals surface area contributed by atoms with E-state index in [1.54, 1.807) is 0 Å². The van der Waals surface area contributed by atoms with E-state index in [0.29, 0.717) is 5.92 Å². The highest BCUT2D eigenvalue weighted by atomic mass is 127. The average Bonchev–Trinajstić information content (AvgIpc) is 3.34. The minimum Gasteiger partial charge on any atom is -0.373 e.